The van der Waals surface area contributed by atoms with E-state index >= 15 is 0 Å². The summed E-state index contributed by atoms with van der Waals surface area (Å²) >= 11 is 0. The summed E-state index contributed by atoms with van der Waals surface area (Å²) in [5.74, 6) is 0. The number of hydrogen-bond donors (Lipinski definition) is 0. The lowest BCUT2D eigenvalue weighted by Crippen LogP contribution is -2.11. The molecule has 0 aliphatic heterocycles. The zero-order chi connectivity index (χ0) is 34.2. The predicted octanol–water partition coefficient (Wildman–Crippen LogP) is 14.5. The largest absolute Gasteiger partial charge is 0.456 e. The van der Waals surface area contributed by atoms with Crippen LogP contribution in [0.1, 0.15) is 0 Å². The summed E-state index contributed by atoms with van der Waals surface area (Å²) in [6.45, 7) is 0. The minimum Gasteiger partial charge on any atom is -0.456 e. The second kappa shape index (κ2) is 11.3. The number of anilines is 3. The van der Waals surface area contributed by atoms with Crippen LogP contribution in [0.5, 0.6) is 0 Å². The zero-order valence-electron chi connectivity index (χ0n) is 28.3. The molecule has 0 aliphatic rings. The molecule has 0 N–H and O–H groups in total. The van der Waals surface area contributed by atoms with Gasteiger partial charge in [-0.1, -0.05) is 133 Å². The van der Waals surface area contributed by atoms with Gasteiger partial charge in [-0.3, -0.25) is 0 Å². The molecule has 0 aliphatic carbocycles. The highest BCUT2D eigenvalue weighted by Gasteiger charge is 2.20. The Kier molecular flexibility index (Phi) is 6.28. The topological polar surface area (TPSA) is 16.4 Å². The molecule has 2 nitrogen and oxygen atoms in total. The maximum atomic E-state index is 6.39. The first-order valence-corrected chi connectivity index (χ1v) is 17.8. The SMILES string of the molecule is c1ccc(N(c2ccc3ccccc3c2)c2ccc3ccccc3c2)c(-c2ccc3c4ccccc4c4c(ccc5oc6ccccc6c54)c3c2)c1. The molecule has 0 spiro atoms. The van der Waals surface area contributed by atoms with Crippen LogP contribution in [-0.4, -0.2) is 0 Å². The summed E-state index contributed by atoms with van der Waals surface area (Å²) in [6.07, 6.45) is 0. The molecule has 0 bridgehead atoms. The van der Waals surface area contributed by atoms with Gasteiger partial charge in [-0.15, -0.1) is 0 Å². The summed E-state index contributed by atoms with van der Waals surface area (Å²) in [4.78, 5) is 2.41. The molecule has 1 heterocycles. The first kappa shape index (κ1) is 28.9. The Hall–Kier alpha value is -6.90. The van der Waals surface area contributed by atoms with Crippen LogP contribution in [0.3, 0.4) is 0 Å². The standard InChI is InChI=1S/C50H31NO/c1-3-13-34-29-37(24-21-32(34)11-1)51(38-25-22-33-12-2-4-14-35(33)30-38)46-19-9-7-15-39(46)36-23-26-41-40-16-5-6-17-42(40)49-43(45(41)31-36)27-28-48-50(49)44-18-8-10-20-47(44)52-48/h1-31H. The molecule has 11 rings (SSSR count). The van der Waals surface area contributed by atoms with Gasteiger partial charge in [0.15, 0.2) is 0 Å². The summed E-state index contributed by atoms with van der Waals surface area (Å²) in [7, 11) is 0. The number of hydrogen-bond acceptors (Lipinski definition) is 2. The normalized spacial score (nSPS) is 11.8. The highest BCUT2D eigenvalue weighted by Crippen LogP contribution is 2.46. The Morgan fingerprint density at radius 2 is 0.885 bits per heavy atom. The van der Waals surface area contributed by atoms with Gasteiger partial charge in [0.2, 0.25) is 0 Å². The average Bonchev–Trinajstić information content (AvgIpc) is 3.60. The van der Waals surface area contributed by atoms with Crippen molar-refractivity contribution in [3.8, 4) is 11.1 Å². The van der Waals surface area contributed by atoms with Crippen LogP contribution in [0.2, 0.25) is 0 Å². The van der Waals surface area contributed by atoms with Crippen LogP contribution in [0, 0.1) is 0 Å². The van der Waals surface area contributed by atoms with Gasteiger partial charge in [0, 0.05) is 33.1 Å². The third kappa shape index (κ3) is 4.38. The molecule has 242 valence electrons. The average molecular weight is 662 g/mol. The zero-order valence-corrected chi connectivity index (χ0v) is 28.3. The molecular weight excluding hydrogens is 631 g/mol. The Balaban J connectivity index is 1.19. The van der Waals surface area contributed by atoms with Crippen molar-refractivity contribution >= 4 is 92.9 Å². The first-order chi connectivity index (χ1) is 25.8. The lowest BCUT2D eigenvalue weighted by Gasteiger charge is -2.28. The lowest BCUT2D eigenvalue weighted by molar-refractivity contribution is 0.669. The van der Waals surface area contributed by atoms with E-state index in [2.05, 4.69) is 187 Å². The number of furan rings is 1. The van der Waals surface area contributed by atoms with Gasteiger partial charge in [0.1, 0.15) is 11.2 Å². The van der Waals surface area contributed by atoms with Crippen LogP contribution < -0.4 is 4.90 Å². The van der Waals surface area contributed by atoms with Crippen molar-refractivity contribution in [2.75, 3.05) is 4.90 Å². The van der Waals surface area contributed by atoms with E-state index in [1.165, 1.54) is 70.4 Å². The van der Waals surface area contributed by atoms with Gasteiger partial charge in [-0.25, -0.2) is 0 Å². The Morgan fingerprint density at radius 1 is 0.327 bits per heavy atom. The summed E-state index contributed by atoms with van der Waals surface area (Å²) in [5.41, 5.74) is 7.53. The van der Waals surface area contributed by atoms with Crippen LogP contribution in [0.4, 0.5) is 17.1 Å². The van der Waals surface area contributed by atoms with Gasteiger partial charge in [-0.05, 0) is 109 Å². The minimum absolute atomic E-state index is 0.916. The fraction of sp³-hybridized carbons (Fsp3) is 0. The van der Waals surface area contributed by atoms with Crippen LogP contribution in [0.25, 0.3) is 86.9 Å². The van der Waals surface area contributed by atoms with Gasteiger partial charge in [0.05, 0.1) is 5.69 Å². The molecule has 0 atom stereocenters. The van der Waals surface area contributed by atoms with Crippen molar-refractivity contribution in [1.82, 2.24) is 0 Å². The summed E-state index contributed by atoms with van der Waals surface area (Å²) in [6, 6.07) is 68.2. The second-order valence-corrected chi connectivity index (χ2v) is 13.7. The fourth-order valence-corrected chi connectivity index (χ4v) is 8.40. The lowest BCUT2D eigenvalue weighted by atomic mass is 9.90. The van der Waals surface area contributed by atoms with E-state index in [4.69, 9.17) is 4.42 Å². The van der Waals surface area contributed by atoms with Crippen molar-refractivity contribution < 1.29 is 4.42 Å². The van der Waals surface area contributed by atoms with Crippen LogP contribution >= 0.6 is 0 Å². The van der Waals surface area contributed by atoms with Crippen LogP contribution in [0.15, 0.2) is 192 Å². The number of nitrogens with zero attached hydrogens (tertiary/aromatic N) is 1. The van der Waals surface area contributed by atoms with Crippen molar-refractivity contribution in [1.29, 1.82) is 0 Å². The third-order valence-electron chi connectivity index (χ3n) is 10.8. The summed E-state index contributed by atoms with van der Waals surface area (Å²) < 4.78 is 6.39. The van der Waals surface area contributed by atoms with Gasteiger partial charge < -0.3 is 9.32 Å². The molecule has 0 radical (unpaired) electrons. The fourth-order valence-electron chi connectivity index (χ4n) is 8.40. The van der Waals surface area contributed by atoms with E-state index in [0.29, 0.717) is 0 Å². The Morgan fingerprint density at radius 3 is 1.63 bits per heavy atom. The quantitative estimate of drug-likeness (QED) is 0.175. The number of rotatable bonds is 4. The van der Waals surface area contributed by atoms with E-state index in [-0.39, 0.29) is 0 Å². The molecule has 2 heteroatoms. The van der Waals surface area contributed by atoms with Gasteiger partial charge in [0.25, 0.3) is 0 Å². The second-order valence-electron chi connectivity index (χ2n) is 13.7. The molecule has 0 amide bonds. The maximum absolute atomic E-state index is 6.39. The number of para-hydroxylation sites is 2. The van der Waals surface area contributed by atoms with Gasteiger partial charge in [-0.2, -0.15) is 0 Å². The maximum Gasteiger partial charge on any atom is 0.136 e. The molecule has 1 aromatic heterocycles. The van der Waals surface area contributed by atoms with E-state index in [9.17, 15) is 0 Å². The predicted molar refractivity (Wildman–Crippen MR) is 221 cm³/mol. The van der Waals surface area contributed by atoms with Gasteiger partial charge >= 0.3 is 0 Å². The van der Waals surface area contributed by atoms with Crippen molar-refractivity contribution in [3.05, 3.63) is 188 Å². The monoisotopic (exact) mass is 661 g/mol. The molecule has 0 saturated heterocycles. The van der Waals surface area contributed by atoms with Crippen LogP contribution in [-0.2, 0) is 0 Å². The number of fused-ring (bicyclic) bond motifs is 12. The van der Waals surface area contributed by atoms with E-state index in [0.717, 1.165) is 33.6 Å². The third-order valence-corrected chi connectivity index (χ3v) is 10.8. The molecular formula is C50H31NO. The van der Waals surface area contributed by atoms with E-state index < -0.39 is 0 Å². The molecule has 0 fully saturated rings. The molecule has 0 unspecified atom stereocenters. The smallest absolute Gasteiger partial charge is 0.136 e. The highest BCUT2D eigenvalue weighted by atomic mass is 16.3. The minimum atomic E-state index is 0.916. The Labute approximate surface area is 300 Å². The van der Waals surface area contributed by atoms with E-state index in [1.807, 2.05) is 6.07 Å². The van der Waals surface area contributed by atoms with Crippen molar-refractivity contribution in [3.63, 3.8) is 0 Å². The highest BCUT2D eigenvalue weighted by molar-refractivity contribution is 6.34. The van der Waals surface area contributed by atoms with Crippen molar-refractivity contribution in [2.45, 2.75) is 0 Å². The molecule has 0 saturated carbocycles. The number of benzene rings is 10. The first-order valence-electron chi connectivity index (χ1n) is 17.8. The molecule has 11 aromatic rings. The Bertz CT molecular complexity index is 3130. The van der Waals surface area contributed by atoms with E-state index in [1.54, 1.807) is 0 Å². The molecule has 52 heavy (non-hydrogen) atoms. The molecule has 10 aromatic carbocycles. The summed E-state index contributed by atoms with van der Waals surface area (Å²) in [5, 5.41) is 14.6. The van der Waals surface area contributed by atoms with Crippen molar-refractivity contribution in [2.24, 2.45) is 0 Å².